The highest BCUT2D eigenvalue weighted by Crippen LogP contribution is 2.27. The number of primary sulfonamides is 1. The van der Waals surface area contributed by atoms with Crippen molar-refractivity contribution in [2.24, 2.45) is 5.14 Å². The Labute approximate surface area is 68.1 Å². The summed E-state index contributed by atoms with van der Waals surface area (Å²) >= 11 is 0. The van der Waals surface area contributed by atoms with Crippen LogP contribution in [0.3, 0.4) is 0 Å². The highest BCUT2D eigenvalue weighted by atomic mass is 32.2. The molecule has 0 saturated heterocycles. The Hall–Kier alpha value is -0.560. The quantitative estimate of drug-likeness (QED) is 0.689. The van der Waals surface area contributed by atoms with Gasteiger partial charge >= 0.3 is 6.18 Å². The minimum Gasteiger partial charge on any atom is -0.228 e. The van der Waals surface area contributed by atoms with Crippen molar-refractivity contribution in [1.29, 1.82) is 0 Å². The van der Waals surface area contributed by atoms with Crippen molar-refractivity contribution in [1.82, 2.24) is 0 Å². The Morgan fingerprint density at radius 3 is 2.00 bits per heavy atom. The summed E-state index contributed by atoms with van der Waals surface area (Å²) in [6, 6.07) is 0. The third kappa shape index (κ3) is 3.22. The van der Waals surface area contributed by atoms with Crippen molar-refractivity contribution >= 4 is 10.0 Å². The van der Waals surface area contributed by atoms with E-state index in [1.54, 1.807) is 0 Å². The molecular formula is C5H8F3NO2S. The number of allylic oxidation sites excluding steroid dienone is 1. The van der Waals surface area contributed by atoms with Crippen LogP contribution in [0, 0.1) is 0 Å². The van der Waals surface area contributed by atoms with Crippen LogP contribution in [0.15, 0.2) is 12.7 Å². The summed E-state index contributed by atoms with van der Waals surface area (Å²) in [6.07, 6.45) is -4.69. The molecule has 1 atom stereocenters. The molecule has 0 amide bonds. The summed E-state index contributed by atoms with van der Waals surface area (Å²) in [4.78, 5) is 0. The fourth-order valence-electron chi connectivity index (χ4n) is 0.605. The van der Waals surface area contributed by atoms with Crippen LogP contribution in [0.1, 0.15) is 6.42 Å². The first-order valence-electron chi connectivity index (χ1n) is 2.89. The van der Waals surface area contributed by atoms with Gasteiger partial charge in [-0.15, -0.1) is 6.58 Å². The molecule has 0 heterocycles. The molecule has 0 radical (unpaired) electrons. The fraction of sp³-hybridized carbons (Fsp3) is 0.600. The van der Waals surface area contributed by atoms with Crippen molar-refractivity contribution in [3.63, 3.8) is 0 Å². The van der Waals surface area contributed by atoms with Crippen molar-refractivity contribution in [2.75, 3.05) is 0 Å². The second-order valence-corrected chi connectivity index (χ2v) is 3.89. The zero-order valence-corrected chi connectivity index (χ0v) is 6.82. The monoisotopic (exact) mass is 203 g/mol. The molecule has 12 heavy (non-hydrogen) atoms. The SMILES string of the molecule is C=CC[C@H](C(F)(F)F)S(N)(=O)=O. The molecule has 0 spiro atoms. The first-order chi connectivity index (χ1) is 5.19. The van der Waals surface area contributed by atoms with Gasteiger partial charge in [-0.05, 0) is 6.42 Å². The summed E-state index contributed by atoms with van der Waals surface area (Å²) in [5.41, 5.74) is 0. The lowest BCUT2D eigenvalue weighted by Gasteiger charge is -2.15. The van der Waals surface area contributed by atoms with E-state index in [-0.39, 0.29) is 0 Å². The Morgan fingerprint density at radius 1 is 1.50 bits per heavy atom. The van der Waals surface area contributed by atoms with Crippen LogP contribution in [0.4, 0.5) is 13.2 Å². The van der Waals surface area contributed by atoms with Crippen LogP contribution < -0.4 is 5.14 Å². The average Bonchev–Trinajstić information content (AvgIpc) is 1.77. The Morgan fingerprint density at radius 2 is 1.92 bits per heavy atom. The topological polar surface area (TPSA) is 60.2 Å². The normalized spacial score (nSPS) is 15.7. The van der Waals surface area contributed by atoms with Gasteiger partial charge in [-0.1, -0.05) is 6.08 Å². The fourth-order valence-corrected chi connectivity index (χ4v) is 1.38. The Balaban J connectivity index is 4.81. The summed E-state index contributed by atoms with van der Waals surface area (Å²) in [6.45, 7) is 3.01. The molecule has 0 aromatic carbocycles. The molecule has 0 aromatic rings. The molecular weight excluding hydrogens is 195 g/mol. The largest absolute Gasteiger partial charge is 0.407 e. The number of alkyl halides is 3. The predicted octanol–water partition coefficient (Wildman–Crippen LogP) is 0.782. The number of halogens is 3. The Bertz CT molecular complexity index is 256. The molecule has 0 rings (SSSR count). The van der Waals surface area contributed by atoms with Crippen LogP contribution in [-0.2, 0) is 10.0 Å². The molecule has 3 nitrogen and oxygen atoms in total. The van der Waals surface area contributed by atoms with Gasteiger partial charge in [0.15, 0.2) is 5.25 Å². The van der Waals surface area contributed by atoms with Crippen LogP contribution in [0.25, 0.3) is 0 Å². The highest BCUT2D eigenvalue weighted by Gasteiger charge is 2.46. The molecule has 0 aliphatic rings. The predicted molar refractivity (Wildman–Crippen MR) is 37.8 cm³/mol. The maximum absolute atomic E-state index is 11.9. The van der Waals surface area contributed by atoms with Gasteiger partial charge in [-0.2, -0.15) is 13.2 Å². The van der Waals surface area contributed by atoms with Crippen molar-refractivity contribution < 1.29 is 21.6 Å². The van der Waals surface area contributed by atoms with E-state index in [1.165, 1.54) is 0 Å². The summed E-state index contributed by atoms with van der Waals surface area (Å²) in [5.74, 6) is 0. The lowest BCUT2D eigenvalue weighted by molar-refractivity contribution is -0.129. The molecule has 0 fully saturated rings. The maximum Gasteiger partial charge on any atom is 0.407 e. The minimum absolute atomic E-state index is 0.720. The third-order valence-electron chi connectivity index (χ3n) is 1.14. The van der Waals surface area contributed by atoms with E-state index in [0.29, 0.717) is 0 Å². The van der Waals surface area contributed by atoms with Crippen molar-refractivity contribution in [3.8, 4) is 0 Å². The van der Waals surface area contributed by atoms with Gasteiger partial charge in [0, 0.05) is 0 Å². The minimum atomic E-state index is -4.83. The summed E-state index contributed by atoms with van der Waals surface area (Å²) in [7, 11) is -4.58. The Kier molecular flexibility index (Phi) is 3.28. The van der Waals surface area contributed by atoms with E-state index in [0.717, 1.165) is 6.08 Å². The van der Waals surface area contributed by atoms with Crippen molar-refractivity contribution in [3.05, 3.63) is 12.7 Å². The van der Waals surface area contributed by atoms with Crippen LogP contribution in [0.5, 0.6) is 0 Å². The van der Waals surface area contributed by atoms with Gasteiger partial charge in [-0.25, -0.2) is 13.6 Å². The second kappa shape index (κ2) is 3.44. The van der Waals surface area contributed by atoms with Crippen LogP contribution in [0.2, 0.25) is 0 Å². The molecule has 0 bridgehead atoms. The van der Waals surface area contributed by atoms with Gasteiger partial charge in [0.25, 0.3) is 0 Å². The van der Waals surface area contributed by atoms with Gasteiger partial charge in [0.05, 0.1) is 0 Å². The standard InChI is InChI=1S/C5H8F3NO2S/c1-2-3-4(5(6,7)8)12(9,10)11/h2,4H,1,3H2,(H2,9,10,11)/t4-/m1/s1. The summed E-state index contributed by atoms with van der Waals surface area (Å²) < 4.78 is 56.4. The highest BCUT2D eigenvalue weighted by molar-refractivity contribution is 7.89. The molecule has 0 aromatic heterocycles. The van der Waals surface area contributed by atoms with E-state index < -0.39 is 27.9 Å². The third-order valence-corrected chi connectivity index (χ3v) is 2.40. The average molecular weight is 203 g/mol. The first kappa shape index (κ1) is 11.4. The number of rotatable bonds is 3. The van der Waals surface area contributed by atoms with Gasteiger partial charge < -0.3 is 0 Å². The van der Waals surface area contributed by atoms with E-state index in [4.69, 9.17) is 0 Å². The lowest BCUT2D eigenvalue weighted by atomic mass is 10.3. The van der Waals surface area contributed by atoms with Gasteiger partial charge in [0.2, 0.25) is 10.0 Å². The summed E-state index contributed by atoms with van der Waals surface area (Å²) in [5, 5.41) is 1.82. The van der Waals surface area contributed by atoms with Gasteiger partial charge in [0.1, 0.15) is 0 Å². The zero-order valence-electron chi connectivity index (χ0n) is 6.00. The van der Waals surface area contributed by atoms with Crippen LogP contribution in [-0.4, -0.2) is 19.8 Å². The number of sulfonamides is 1. The zero-order chi connectivity index (χ0) is 9.99. The number of hydrogen-bond donors (Lipinski definition) is 1. The lowest BCUT2D eigenvalue weighted by Crippen LogP contribution is -2.40. The first-order valence-corrected chi connectivity index (χ1v) is 4.49. The second-order valence-electron chi connectivity index (χ2n) is 2.14. The van der Waals surface area contributed by atoms with E-state index in [1.807, 2.05) is 0 Å². The van der Waals surface area contributed by atoms with Crippen molar-refractivity contribution in [2.45, 2.75) is 17.8 Å². The molecule has 0 unspecified atom stereocenters. The molecule has 0 saturated carbocycles. The maximum atomic E-state index is 11.9. The smallest absolute Gasteiger partial charge is 0.228 e. The molecule has 72 valence electrons. The molecule has 2 N–H and O–H groups in total. The molecule has 0 aliphatic heterocycles. The van der Waals surface area contributed by atoms with E-state index in [9.17, 15) is 21.6 Å². The van der Waals surface area contributed by atoms with E-state index in [2.05, 4.69) is 11.7 Å². The molecule has 0 aliphatic carbocycles. The van der Waals surface area contributed by atoms with Crippen LogP contribution >= 0.6 is 0 Å². The number of nitrogens with two attached hydrogens (primary N) is 1. The van der Waals surface area contributed by atoms with Gasteiger partial charge in [-0.3, -0.25) is 0 Å². The molecule has 7 heteroatoms. The van der Waals surface area contributed by atoms with E-state index >= 15 is 0 Å². The number of hydrogen-bond acceptors (Lipinski definition) is 2.